The minimum absolute atomic E-state index is 0.245. The minimum atomic E-state index is -0.740. The molecule has 0 fully saturated rings. The van der Waals surface area contributed by atoms with E-state index < -0.39 is 47.3 Å². The first-order valence-corrected chi connectivity index (χ1v) is 9.76. The Morgan fingerprint density at radius 2 is 1.04 bits per heavy atom. The number of carboxylic acids is 2. The predicted molar refractivity (Wildman–Crippen MR) is 84.6 cm³/mol. The van der Waals surface area contributed by atoms with Gasteiger partial charge in [0.15, 0.2) is 0 Å². The van der Waals surface area contributed by atoms with Crippen molar-refractivity contribution in [2.45, 2.75) is 91.3 Å². The number of hydrogen-bond donors (Lipinski definition) is 2. The van der Waals surface area contributed by atoms with Gasteiger partial charge in [0, 0.05) is 12.8 Å². The Labute approximate surface area is 160 Å². The molecular weight excluding hydrogens is 451 g/mol. The van der Waals surface area contributed by atoms with Crippen molar-refractivity contribution in [3.8, 4) is 0 Å². The van der Waals surface area contributed by atoms with Crippen LogP contribution in [-0.2, 0) is 12.4 Å². The summed E-state index contributed by atoms with van der Waals surface area (Å²) in [6.07, 6.45) is 6.46. The molecule has 0 unspecified atom stereocenters. The third-order valence-corrected chi connectivity index (χ3v) is 4.69. The molecule has 0 aromatic rings. The standard InChI is InChI=1S/C10H18O4.2C3H7O.Dy/c11-9(12)7-5-3-1-2-4-6-8-10(13)14;2*1-3(2)4;/h1-8H2,(H,11,12)(H,13,14);2*3H,1-2H3;/q;2*-1;+2. The topological polar surface area (TPSA) is 93.1 Å². The number of unbranched alkanes of at least 4 members (excludes halogenated alkanes) is 5. The summed E-state index contributed by atoms with van der Waals surface area (Å²) in [5.74, 6) is -1.48. The predicted octanol–water partition coefficient (Wildman–Crippen LogP) is 4.03. The molecule has 0 spiro atoms. The smallest absolute Gasteiger partial charge is 0.303 e. The van der Waals surface area contributed by atoms with Crippen LogP contribution in [0.15, 0.2) is 0 Å². The number of rotatable bonds is 13. The first-order valence-electron chi connectivity index (χ1n) is 8.10. The average molecular weight is 483 g/mol. The molecule has 0 bridgehead atoms. The Morgan fingerprint density at radius 1 is 0.739 bits per heavy atom. The molecule has 7 heteroatoms. The molecule has 0 aromatic heterocycles. The van der Waals surface area contributed by atoms with Gasteiger partial charge in [0.1, 0.15) is 0 Å². The number of hydrogen-bond acceptors (Lipinski definition) is 4. The average Bonchev–Trinajstić information content (AvgIpc) is 2.41. The van der Waals surface area contributed by atoms with E-state index in [1.165, 1.54) is 0 Å². The summed E-state index contributed by atoms with van der Waals surface area (Å²) in [6, 6.07) is 0. The van der Waals surface area contributed by atoms with Gasteiger partial charge in [0.25, 0.3) is 0 Å². The summed E-state index contributed by atoms with van der Waals surface area (Å²) in [5, 5.41) is 16.7. The Hall–Kier alpha value is 0.133. The largest absolute Gasteiger partial charge is 0.481 e. The van der Waals surface area contributed by atoms with Crippen molar-refractivity contribution in [1.29, 1.82) is 0 Å². The summed E-state index contributed by atoms with van der Waals surface area (Å²) in [5.41, 5.74) is 0. The summed E-state index contributed by atoms with van der Waals surface area (Å²) in [4.78, 5) is 20.3. The van der Waals surface area contributed by atoms with Gasteiger partial charge in [0.2, 0.25) is 0 Å². The maximum atomic E-state index is 10.1. The van der Waals surface area contributed by atoms with Crippen molar-refractivity contribution in [1.82, 2.24) is 0 Å². The second kappa shape index (κ2) is 18.5. The van der Waals surface area contributed by atoms with Crippen LogP contribution in [0.2, 0.25) is 0 Å². The number of carboxylic acid groups (broad SMARTS) is 2. The summed E-state index contributed by atoms with van der Waals surface area (Å²) < 4.78 is 10.5. The molecule has 2 N–H and O–H groups in total. The van der Waals surface area contributed by atoms with Crippen molar-refractivity contribution in [2.75, 3.05) is 0 Å². The van der Waals surface area contributed by atoms with Gasteiger partial charge in [-0.2, -0.15) is 0 Å². The third kappa shape index (κ3) is 30.6. The molecular formula is C16H32DyO6. The van der Waals surface area contributed by atoms with Crippen molar-refractivity contribution in [3.63, 3.8) is 0 Å². The van der Waals surface area contributed by atoms with E-state index in [0.717, 1.165) is 38.5 Å². The Bertz CT molecular complexity index is 266. The maximum absolute atomic E-state index is 10.1. The molecule has 23 heavy (non-hydrogen) atoms. The van der Waals surface area contributed by atoms with E-state index in [1.807, 2.05) is 27.7 Å². The van der Waals surface area contributed by atoms with Crippen LogP contribution in [0.3, 0.4) is 0 Å². The molecule has 0 saturated carbocycles. The van der Waals surface area contributed by atoms with Crippen LogP contribution < -0.4 is 0 Å². The third-order valence-electron chi connectivity index (χ3n) is 2.39. The summed E-state index contributed by atoms with van der Waals surface area (Å²) >= 11 is -0.465. The van der Waals surface area contributed by atoms with Gasteiger partial charge < -0.3 is 10.2 Å². The van der Waals surface area contributed by atoms with Gasteiger partial charge in [0.05, 0.1) is 0 Å². The quantitative estimate of drug-likeness (QED) is 0.385. The molecule has 0 aliphatic carbocycles. The van der Waals surface area contributed by atoms with Gasteiger partial charge in [-0.1, -0.05) is 25.7 Å². The van der Waals surface area contributed by atoms with E-state index in [4.69, 9.17) is 13.0 Å². The number of aliphatic carboxylic acids is 2. The fourth-order valence-electron chi connectivity index (χ4n) is 1.40. The normalized spacial score (nSPS) is 10.7. The van der Waals surface area contributed by atoms with Gasteiger partial charge in [-0.25, -0.2) is 0 Å². The molecule has 0 rings (SSSR count). The van der Waals surface area contributed by atoms with Crippen molar-refractivity contribution < 1.29 is 58.0 Å². The van der Waals surface area contributed by atoms with Crippen LogP contribution in [0.5, 0.6) is 0 Å². The van der Waals surface area contributed by atoms with Crippen molar-refractivity contribution in [2.24, 2.45) is 0 Å². The van der Waals surface area contributed by atoms with E-state index in [0.29, 0.717) is 12.2 Å². The molecule has 0 radical (unpaired) electrons. The SMILES string of the molecule is CC(C)[O][Dy][O]C(C)C.O=C(O)CCCCCCCCC(=O)O. The van der Waals surface area contributed by atoms with Crippen molar-refractivity contribution in [3.05, 3.63) is 0 Å². The Balaban J connectivity index is 0. The van der Waals surface area contributed by atoms with Gasteiger partial charge >= 0.3 is 90.0 Å². The monoisotopic (exact) mass is 484 g/mol. The second-order valence-electron chi connectivity index (χ2n) is 5.71. The summed E-state index contributed by atoms with van der Waals surface area (Å²) in [6.45, 7) is 8.07. The van der Waals surface area contributed by atoms with Crippen molar-refractivity contribution >= 4 is 11.9 Å². The number of carbonyl (C=O) groups is 2. The van der Waals surface area contributed by atoms with E-state index in [1.54, 1.807) is 0 Å². The zero-order chi connectivity index (χ0) is 18.1. The first kappa shape index (κ1) is 25.4. The van der Waals surface area contributed by atoms with Crippen LogP contribution in [-0.4, -0.2) is 34.4 Å². The van der Waals surface area contributed by atoms with Crippen LogP contribution in [0, 0.1) is 35.4 Å². The van der Waals surface area contributed by atoms with E-state index in [9.17, 15) is 9.59 Å². The molecule has 0 atom stereocenters. The van der Waals surface area contributed by atoms with Gasteiger partial charge in [-0.05, 0) is 12.8 Å². The molecule has 0 aliphatic rings. The molecule has 0 aliphatic heterocycles. The fourth-order valence-corrected chi connectivity index (χ4v) is 2.29. The van der Waals surface area contributed by atoms with Gasteiger partial charge in [-0.3, -0.25) is 9.59 Å². The molecule has 0 saturated heterocycles. The van der Waals surface area contributed by atoms with E-state index in [2.05, 4.69) is 0 Å². The van der Waals surface area contributed by atoms with Crippen LogP contribution in [0.4, 0.5) is 0 Å². The van der Waals surface area contributed by atoms with E-state index in [-0.39, 0.29) is 12.8 Å². The van der Waals surface area contributed by atoms with Crippen LogP contribution in [0.25, 0.3) is 0 Å². The van der Waals surface area contributed by atoms with Gasteiger partial charge in [-0.15, -0.1) is 0 Å². The molecule has 0 amide bonds. The zero-order valence-corrected chi connectivity index (χ0v) is 16.7. The molecule has 6 nitrogen and oxygen atoms in total. The summed E-state index contributed by atoms with van der Waals surface area (Å²) in [7, 11) is 0. The Kier molecular flexibility index (Phi) is 20.4. The maximum Gasteiger partial charge on any atom is 0.303 e. The minimum Gasteiger partial charge on any atom is -0.481 e. The Morgan fingerprint density at radius 3 is 1.30 bits per heavy atom. The van der Waals surface area contributed by atoms with Crippen LogP contribution >= 0.6 is 0 Å². The second-order valence-corrected chi connectivity index (χ2v) is 7.00. The van der Waals surface area contributed by atoms with Crippen LogP contribution in [0.1, 0.15) is 79.1 Å². The molecule has 0 aromatic carbocycles. The zero-order valence-electron chi connectivity index (χ0n) is 14.7. The molecule has 142 valence electrons. The fraction of sp³-hybridized carbons (Fsp3) is 0.875. The first-order chi connectivity index (χ1) is 10.8. The molecule has 0 heterocycles. The van der Waals surface area contributed by atoms with E-state index >= 15 is 0 Å².